The Morgan fingerprint density at radius 3 is 2.70 bits per heavy atom. The molecule has 1 unspecified atom stereocenters. The number of hydrogen-bond donors (Lipinski definition) is 2. The van der Waals surface area contributed by atoms with Crippen molar-refractivity contribution in [3.05, 3.63) is 34.9 Å². The molecular weight excluding hydrogens is 274 g/mol. The molecule has 110 valence electrons. The van der Waals surface area contributed by atoms with Gasteiger partial charge in [0.05, 0.1) is 11.0 Å². The molecule has 2 N–H and O–H groups in total. The number of carbonyl (C=O) groups is 1. The van der Waals surface area contributed by atoms with Crippen LogP contribution >= 0.6 is 11.6 Å². The van der Waals surface area contributed by atoms with E-state index in [1.54, 1.807) is 6.92 Å². The van der Waals surface area contributed by atoms with Crippen molar-refractivity contribution in [3.63, 3.8) is 0 Å². The molecular formula is C16H22ClNO2. The highest BCUT2D eigenvalue weighted by atomic mass is 35.5. The first-order valence-electron chi connectivity index (χ1n) is 7.16. The van der Waals surface area contributed by atoms with Gasteiger partial charge in [-0.25, -0.2) is 0 Å². The van der Waals surface area contributed by atoms with E-state index in [4.69, 9.17) is 11.6 Å². The van der Waals surface area contributed by atoms with E-state index in [0.717, 1.165) is 24.8 Å². The highest BCUT2D eigenvalue weighted by Crippen LogP contribution is 2.44. The lowest BCUT2D eigenvalue weighted by Crippen LogP contribution is -2.52. The fraction of sp³-hybridized carbons (Fsp3) is 0.562. The first kappa shape index (κ1) is 15.3. The van der Waals surface area contributed by atoms with E-state index in [9.17, 15) is 9.90 Å². The van der Waals surface area contributed by atoms with Gasteiger partial charge in [-0.05, 0) is 43.9 Å². The van der Waals surface area contributed by atoms with Gasteiger partial charge in [-0.3, -0.25) is 4.79 Å². The Balaban J connectivity index is 2.13. The van der Waals surface area contributed by atoms with E-state index in [1.807, 2.05) is 31.2 Å². The summed E-state index contributed by atoms with van der Waals surface area (Å²) >= 11 is 6.04. The van der Waals surface area contributed by atoms with Gasteiger partial charge in [0.15, 0.2) is 0 Å². The third-order valence-electron chi connectivity index (χ3n) is 4.41. The summed E-state index contributed by atoms with van der Waals surface area (Å²) in [6, 6.07) is 7.53. The van der Waals surface area contributed by atoms with Crippen LogP contribution in [0.1, 0.15) is 45.1 Å². The first-order valence-corrected chi connectivity index (χ1v) is 7.54. The summed E-state index contributed by atoms with van der Waals surface area (Å²) in [4.78, 5) is 12.6. The van der Waals surface area contributed by atoms with Gasteiger partial charge in [0.2, 0.25) is 5.91 Å². The molecule has 1 aliphatic carbocycles. The van der Waals surface area contributed by atoms with Crippen molar-refractivity contribution < 1.29 is 9.90 Å². The number of halogens is 1. The van der Waals surface area contributed by atoms with Crippen LogP contribution in [-0.4, -0.2) is 23.2 Å². The Morgan fingerprint density at radius 1 is 1.50 bits per heavy atom. The zero-order valence-corrected chi connectivity index (χ0v) is 12.8. The fourth-order valence-corrected chi connectivity index (χ4v) is 2.72. The average Bonchev–Trinajstić information content (AvgIpc) is 2.35. The number of hydrogen-bond acceptors (Lipinski definition) is 2. The molecule has 20 heavy (non-hydrogen) atoms. The van der Waals surface area contributed by atoms with Crippen LogP contribution in [0.2, 0.25) is 5.02 Å². The zero-order chi connectivity index (χ0) is 14.8. The molecule has 1 aromatic rings. The van der Waals surface area contributed by atoms with Crippen LogP contribution in [0.3, 0.4) is 0 Å². The Morgan fingerprint density at radius 2 is 2.20 bits per heavy atom. The maximum Gasteiger partial charge on any atom is 0.230 e. The second-order valence-corrected chi connectivity index (χ2v) is 6.42. The number of benzene rings is 1. The van der Waals surface area contributed by atoms with Crippen molar-refractivity contribution in [1.82, 2.24) is 5.32 Å². The summed E-state index contributed by atoms with van der Waals surface area (Å²) in [6.07, 6.45) is 3.34. The van der Waals surface area contributed by atoms with Crippen molar-refractivity contribution in [2.75, 3.05) is 6.54 Å². The van der Waals surface area contributed by atoms with Crippen molar-refractivity contribution in [2.24, 2.45) is 0 Å². The average molecular weight is 296 g/mol. The molecule has 1 amide bonds. The number of nitrogens with one attached hydrogen (secondary N) is 1. The minimum absolute atomic E-state index is 0.000239. The highest BCUT2D eigenvalue weighted by molar-refractivity contribution is 6.30. The lowest BCUT2D eigenvalue weighted by atomic mass is 9.63. The van der Waals surface area contributed by atoms with Gasteiger partial charge < -0.3 is 10.4 Å². The SMILES string of the molecule is CCC(C)(O)CNC(=O)C1(c2cccc(Cl)c2)CCC1. The molecule has 1 saturated carbocycles. The minimum Gasteiger partial charge on any atom is -0.388 e. The van der Waals surface area contributed by atoms with Crippen molar-refractivity contribution in [3.8, 4) is 0 Å². The second-order valence-electron chi connectivity index (χ2n) is 5.98. The number of rotatable bonds is 5. The van der Waals surface area contributed by atoms with E-state index >= 15 is 0 Å². The maximum absolute atomic E-state index is 12.6. The van der Waals surface area contributed by atoms with Gasteiger partial charge >= 0.3 is 0 Å². The molecule has 0 aliphatic heterocycles. The molecule has 0 radical (unpaired) electrons. The molecule has 1 atom stereocenters. The number of carbonyl (C=O) groups excluding carboxylic acids is 1. The van der Waals surface area contributed by atoms with Crippen LogP contribution < -0.4 is 5.32 Å². The minimum atomic E-state index is -0.852. The van der Waals surface area contributed by atoms with E-state index < -0.39 is 11.0 Å². The molecule has 0 heterocycles. The molecule has 1 fully saturated rings. The van der Waals surface area contributed by atoms with E-state index in [0.29, 0.717) is 11.4 Å². The van der Waals surface area contributed by atoms with Crippen LogP contribution in [0.25, 0.3) is 0 Å². The third-order valence-corrected chi connectivity index (χ3v) is 4.65. The summed E-state index contributed by atoms with van der Waals surface area (Å²) in [7, 11) is 0. The van der Waals surface area contributed by atoms with Gasteiger partial charge in [0.25, 0.3) is 0 Å². The van der Waals surface area contributed by atoms with Gasteiger partial charge in [-0.1, -0.05) is 37.1 Å². The Bertz CT molecular complexity index is 495. The third kappa shape index (κ3) is 2.99. The summed E-state index contributed by atoms with van der Waals surface area (Å²) in [5.41, 5.74) is -0.339. The lowest BCUT2D eigenvalue weighted by Gasteiger charge is -2.41. The second kappa shape index (κ2) is 5.74. The molecule has 0 spiro atoms. The molecule has 0 aromatic heterocycles. The van der Waals surface area contributed by atoms with E-state index in [2.05, 4.69) is 5.32 Å². The lowest BCUT2D eigenvalue weighted by molar-refractivity contribution is -0.131. The Labute approximate surface area is 125 Å². The van der Waals surface area contributed by atoms with Gasteiger partial charge in [0, 0.05) is 11.6 Å². The molecule has 2 rings (SSSR count). The summed E-state index contributed by atoms with van der Waals surface area (Å²) in [5.74, 6) is -0.000239. The van der Waals surface area contributed by atoms with Crippen molar-refractivity contribution in [2.45, 2.75) is 50.5 Å². The van der Waals surface area contributed by atoms with Crippen molar-refractivity contribution in [1.29, 1.82) is 0 Å². The summed E-state index contributed by atoms with van der Waals surface area (Å²) in [5, 5.41) is 13.6. The number of amides is 1. The zero-order valence-electron chi connectivity index (χ0n) is 12.1. The van der Waals surface area contributed by atoms with Gasteiger partial charge in [0.1, 0.15) is 0 Å². The van der Waals surface area contributed by atoms with Crippen LogP contribution in [0.4, 0.5) is 0 Å². The van der Waals surface area contributed by atoms with Crippen LogP contribution in [0.5, 0.6) is 0 Å². The number of aliphatic hydroxyl groups is 1. The van der Waals surface area contributed by atoms with E-state index in [-0.39, 0.29) is 12.5 Å². The smallest absolute Gasteiger partial charge is 0.230 e. The molecule has 1 aromatic carbocycles. The van der Waals surface area contributed by atoms with Gasteiger partial charge in [-0.2, -0.15) is 0 Å². The van der Waals surface area contributed by atoms with Crippen LogP contribution in [0, 0.1) is 0 Å². The predicted molar refractivity (Wildman–Crippen MR) is 80.9 cm³/mol. The predicted octanol–water partition coefficient (Wildman–Crippen LogP) is 3.04. The summed E-state index contributed by atoms with van der Waals surface area (Å²) in [6.45, 7) is 3.92. The topological polar surface area (TPSA) is 49.3 Å². The Kier molecular flexibility index (Phi) is 4.40. The molecule has 0 bridgehead atoms. The molecule has 4 heteroatoms. The fourth-order valence-electron chi connectivity index (χ4n) is 2.53. The standard InChI is InChI=1S/C16H22ClNO2/c1-3-15(2,20)11-18-14(19)16(8-5-9-16)12-6-4-7-13(17)10-12/h4,6-7,10,20H,3,5,8-9,11H2,1-2H3,(H,18,19). The molecule has 3 nitrogen and oxygen atoms in total. The van der Waals surface area contributed by atoms with Crippen LogP contribution in [-0.2, 0) is 10.2 Å². The molecule has 1 aliphatic rings. The Hall–Kier alpha value is -1.06. The van der Waals surface area contributed by atoms with Crippen molar-refractivity contribution >= 4 is 17.5 Å². The highest BCUT2D eigenvalue weighted by Gasteiger charge is 2.45. The molecule has 0 saturated heterocycles. The van der Waals surface area contributed by atoms with Crippen LogP contribution in [0.15, 0.2) is 24.3 Å². The summed E-state index contributed by atoms with van der Waals surface area (Å²) < 4.78 is 0. The normalized spacial score (nSPS) is 19.8. The van der Waals surface area contributed by atoms with Gasteiger partial charge in [-0.15, -0.1) is 0 Å². The maximum atomic E-state index is 12.6. The quantitative estimate of drug-likeness (QED) is 0.877. The largest absolute Gasteiger partial charge is 0.388 e. The van der Waals surface area contributed by atoms with E-state index in [1.165, 1.54) is 0 Å². The monoisotopic (exact) mass is 295 g/mol. The first-order chi connectivity index (χ1) is 9.39.